The monoisotopic (exact) mass is 341 g/mol. The van der Waals surface area contributed by atoms with Crippen LogP contribution in [0.15, 0.2) is 48.5 Å². The number of aromatic carboxylic acids is 1. The van der Waals surface area contributed by atoms with Crippen molar-refractivity contribution in [2.24, 2.45) is 0 Å². The van der Waals surface area contributed by atoms with Crippen molar-refractivity contribution in [2.75, 3.05) is 10.2 Å². The van der Waals surface area contributed by atoms with Gasteiger partial charge in [0.1, 0.15) is 0 Å². The number of aryl methyl sites for hydroxylation is 1. The largest absolute Gasteiger partial charge is 0.545 e. The van der Waals surface area contributed by atoms with Crippen LogP contribution in [0.2, 0.25) is 0 Å². The summed E-state index contributed by atoms with van der Waals surface area (Å²) in [5.74, 6) is -1.70. The standard InChI is InChI=1S/C17H14N2O4S/c1-10-4-2-7-13(8-10)19-15(20)14(24-17(19)23)18-12-6-3-5-11(9-12)16(21)22/h2-9,14,18H,1H3,(H,21,22)/p-1/t14-/m0/s1. The molecule has 1 atom stereocenters. The molecule has 0 saturated carbocycles. The number of benzene rings is 2. The second-order valence-electron chi connectivity index (χ2n) is 5.29. The Morgan fingerprint density at radius 1 is 1.17 bits per heavy atom. The van der Waals surface area contributed by atoms with E-state index >= 15 is 0 Å². The number of thioether (sulfide) groups is 1. The SMILES string of the molecule is Cc1cccc(N2C(=O)S[C@H](Nc3cccc(C(=O)[O-])c3)C2=O)c1. The number of hydrogen-bond acceptors (Lipinski definition) is 6. The van der Waals surface area contributed by atoms with Crippen molar-refractivity contribution in [3.63, 3.8) is 0 Å². The molecule has 0 spiro atoms. The number of hydrogen-bond donors (Lipinski definition) is 1. The highest BCUT2D eigenvalue weighted by atomic mass is 32.2. The Labute approximate surface area is 142 Å². The summed E-state index contributed by atoms with van der Waals surface area (Å²) in [5.41, 5.74) is 1.89. The maximum atomic E-state index is 12.5. The van der Waals surface area contributed by atoms with Crippen LogP contribution in [0.25, 0.3) is 0 Å². The van der Waals surface area contributed by atoms with Crippen LogP contribution in [0.5, 0.6) is 0 Å². The molecule has 24 heavy (non-hydrogen) atoms. The van der Waals surface area contributed by atoms with Crippen molar-refractivity contribution in [3.05, 3.63) is 59.7 Å². The molecule has 2 aromatic rings. The fourth-order valence-corrected chi connectivity index (χ4v) is 3.29. The highest BCUT2D eigenvalue weighted by molar-refractivity contribution is 8.16. The van der Waals surface area contributed by atoms with Gasteiger partial charge in [0.25, 0.3) is 11.1 Å². The Morgan fingerprint density at radius 2 is 1.92 bits per heavy atom. The maximum absolute atomic E-state index is 12.5. The van der Waals surface area contributed by atoms with Gasteiger partial charge in [-0.2, -0.15) is 0 Å². The lowest BCUT2D eigenvalue weighted by Crippen LogP contribution is -2.34. The number of carbonyl (C=O) groups is 3. The first-order valence-electron chi connectivity index (χ1n) is 7.15. The summed E-state index contributed by atoms with van der Waals surface area (Å²) < 4.78 is 0. The average molecular weight is 341 g/mol. The smallest absolute Gasteiger partial charge is 0.295 e. The number of anilines is 2. The molecule has 3 rings (SSSR count). The molecule has 1 heterocycles. The number of imide groups is 1. The van der Waals surface area contributed by atoms with Crippen LogP contribution in [0, 0.1) is 6.92 Å². The number of carboxylic acids is 1. The molecule has 1 fully saturated rings. The molecule has 0 aromatic heterocycles. The Balaban J connectivity index is 1.82. The Bertz CT molecular complexity index is 837. The van der Waals surface area contributed by atoms with Gasteiger partial charge in [-0.15, -0.1) is 0 Å². The van der Waals surface area contributed by atoms with E-state index in [1.165, 1.54) is 18.2 Å². The molecule has 1 aliphatic heterocycles. The van der Waals surface area contributed by atoms with Crippen LogP contribution in [-0.4, -0.2) is 22.5 Å². The fraction of sp³-hybridized carbons (Fsp3) is 0.118. The molecule has 1 aliphatic rings. The van der Waals surface area contributed by atoms with Crippen LogP contribution in [0.4, 0.5) is 16.2 Å². The first kappa shape index (κ1) is 16.1. The number of amides is 2. The van der Waals surface area contributed by atoms with Crippen molar-refractivity contribution < 1.29 is 19.5 Å². The summed E-state index contributed by atoms with van der Waals surface area (Å²) in [6.45, 7) is 1.88. The van der Waals surface area contributed by atoms with Gasteiger partial charge in [-0.3, -0.25) is 9.59 Å². The summed E-state index contributed by atoms with van der Waals surface area (Å²) in [6, 6.07) is 13.0. The summed E-state index contributed by atoms with van der Waals surface area (Å²) in [4.78, 5) is 36.8. The van der Waals surface area contributed by atoms with E-state index in [1.54, 1.807) is 24.3 Å². The van der Waals surface area contributed by atoms with E-state index in [4.69, 9.17) is 0 Å². The number of carbonyl (C=O) groups excluding carboxylic acids is 3. The lowest BCUT2D eigenvalue weighted by Gasteiger charge is -2.15. The van der Waals surface area contributed by atoms with Gasteiger partial charge in [-0.25, -0.2) is 4.90 Å². The lowest BCUT2D eigenvalue weighted by molar-refractivity contribution is -0.255. The molecular weight excluding hydrogens is 328 g/mol. The molecule has 2 aromatic carbocycles. The summed E-state index contributed by atoms with van der Waals surface area (Å²) in [6.07, 6.45) is 0. The van der Waals surface area contributed by atoms with E-state index in [0.717, 1.165) is 22.2 Å². The Morgan fingerprint density at radius 3 is 2.62 bits per heavy atom. The Kier molecular flexibility index (Phi) is 4.26. The van der Waals surface area contributed by atoms with Crippen molar-refractivity contribution in [3.8, 4) is 0 Å². The number of carboxylic acid groups (broad SMARTS) is 1. The van der Waals surface area contributed by atoms with Crippen molar-refractivity contribution >= 4 is 40.3 Å². The molecule has 1 N–H and O–H groups in total. The molecular formula is C17H13N2O4S-. The first-order valence-corrected chi connectivity index (χ1v) is 8.03. The maximum Gasteiger partial charge on any atom is 0.295 e. The third-order valence-corrected chi connectivity index (χ3v) is 4.44. The zero-order valence-electron chi connectivity index (χ0n) is 12.7. The molecule has 7 heteroatoms. The second kappa shape index (κ2) is 6.37. The third-order valence-electron chi connectivity index (χ3n) is 3.50. The van der Waals surface area contributed by atoms with Crippen molar-refractivity contribution in [1.82, 2.24) is 0 Å². The topological polar surface area (TPSA) is 89.5 Å². The van der Waals surface area contributed by atoms with Crippen LogP contribution in [0.1, 0.15) is 15.9 Å². The quantitative estimate of drug-likeness (QED) is 0.915. The molecule has 1 saturated heterocycles. The molecule has 0 bridgehead atoms. The van der Waals surface area contributed by atoms with Gasteiger partial charge in [0, 0.05) is 5.69 Å². The van der Waals surface area contributed by atoms with Crippen molar-refractivity contribution in [1.29, 1.82) is 0 Å². The minimum atomic E-state index is -1.30. The zero-order chi connectivity index (χ0) is 17.3. The molecule has 0 unspecified atom stereocenters. The summed E-state index contributed by atoms with van der Waals surface area (Å²) in [7, 11) is 0. The summed E-state index contributed by atoms with van der Waals surface area (Å²) >= 11 is 0.855. The van der Waals surface area contributed by atoms with Gasteiger partial charge < -0.3 is 15.2 Å². The zero-order valence-corrected chi connectivity index (χ0v) is 13.5. The van der Waals surface area contributed by atoms with Gasteiger partial charge in [-0.05, 0) is 54.1 Å². The normalized spacial score (nSPS) is 17.2. The molecule has 0 aliphatic carbocycles. The van der Waals surface area contributed by atoms with Crippen LogP contribution in [-0.2, 0) is 4.79 Å². The van der Waals surface area contributed by atoms with Gasteiger partial charge in [0.15, 0.2) is 5.37 Å². The van der Waals surface area contributed by atoms with E-state index in [0.29, 0.717) is 11.4 Å². The number of rotatable bonds is 4. The van der Waals surface area contributed by atoms with Crippen LogP contribution in [0.3, 0.4) is 0 Å². The summed E-state index contributed by atoms with van der Waals surface area (Å²) in [5, 5.41) is 12.6. The average Bonchev–Trinajstić information content (AvgIpc) is 2.81. The third kappa shape index (κ3) is 3.11. The lowest BCUT2D eigenvalue weighted by atomic mass is 10.2. The van der Waals surface area contributed by atoms with Crippen LogP contribution < -0.4 is 15.3 Å². The highest BCUT2D eigenvalue weighted by Crippen LogP contribution is 2.32. The minimum Gasteiger partial charge on any atom is -0.545 e. The minimum absolute atomic E-state index is 0.00249. The predicted octanol–water partition coefficient (Wildman–Crippen LogP) is 2.00. The van der Waals surface area contributed by atoms with Gasteiger partial charge in [0.2, 0.25) is 0 Å². The van der Waals surface area contributed by atoms with Crippen molar-refractivity contribution in [2.45, 2.75) is 12.3 Å². The van der Waals surface area contributed by atoms with E-state index in [2.05, 4.69) is 5.32 Å². The van der Waals surface area contributed by atoms with Gasteiger partial charge in [0.05, 0.1) is 11.7 Å². The molecule has 122 valence electrons. The van der Waals surface area contributed by atoms with Gasteiger partial charge >= 0.3 is 0 Å². The second-order valence-corrected chi connectivity index (χ2v) is 6.35. The van der Waals surface area contributed by atoms with Crippen LogP contribution >= 0.6 is 11.8 Å². The molecule has 2 amide bonds. The number of nitrogens with zero attached hydrogens (tertiary/aromatic N) is 1. The Hall–Kier alpha value is -2.80. The van der Waals surface area contributed by atoms with Gasteiger partial charge in [-0.1, -0.05) is 24.3 Å². The van der Waals surface area contributed by atoms with E-state index in [-0.39, 0.29) is 10.8 Å². The van der Waals surface area contributed by atoms with E-state index in [1.807, 2.05) is 13.0 Å². The fourth-order valence-electron chi connectivity index (χ4n) is 2.39. The molecule has 6 nitrogen and oxygen atoms in total. The molecule has 0 radical (unpaired) electrons. The van der Waals surface area contributed by atoms with E-state index in [9.17, 15) is 19.5 Å². The first-order chi connectivity index (χ1) is 11.5. The van der Waals surface area contributed by atoms with E-state index < -0.39 is 17.3 Å². The number of nitrogens with one attached hydrogen (secondary N) is 1. The predicted molar refractivity (Wildman–Crippen MR) is 89.8 cm³/mol. The highest BCUT2D eigenvalue weighted by Gasteiger charge is 2.40.